The fourth-order valence-corrected chi connectivity index (χ4v) is 6.37. The lowest BCUT2D eigenvalue weighted by atomic mass is 9.95. The van der Waals surface area contributed by atoms with E-state index in [0.717, 1.165) is 37.5 Å². The minimum Gasteiger partial charge on any atom is -0.487 e. The van der Waals surface area contributed by atoms with E-state index in [0.29, 0.717) is 37.1 Å². The Morgan fingerprint density at radius 3 is 2.04 bits per heavy atom. The molecule has 46 heavy (non-hydrogen) atoms. The molecule has 3 fully saturated rings. The van der Waals surface area contributed by atoms with E-state index in [1.807, 2.05) is 0 Å². The third kappa shape index (κ3) is 8.79. The number of aliphatic carboxylic acids is 1. The maximum atomic E-state index is 15.0. The van der Waals surface area contributed by atoms with Crippen LogP contribution >= 0.6 is 11.6 Å². The highest BCUT2D eigenvalue weighted by molar-refractivity contribution is 7.89. The Morgan fingerprint density at radius 1 is 1.00 bits per heavy atom. The van der Waals surface area contributed by atoms with Crippen LogP contribution < -0.4 is 9.46 Å². The van der Waals surface area contributed by atoms with Crippen LogP contribution in [-0.4, -0.2) is 60.9 Å². The van der Waals surface area contributed by atoms with Gasteiger partial charge in [-0.3, -0.25) is 9.69 Å². The molecule has 2 saturated heterocycles. The van der Waals surface area contributed by atoms with E-state index in [2.05, 4.69) is 4.90 Å². The van der Waals surface area contributed by atoms with Crippen molar-refractivity contribution < 1.29 is 63.0 Å². The quantitative estimate of drug-likeness (QED) is 0.320. The number of carbonyl (C=O) groups is 2. The van der Waals surface area contributed by atoms with Crippen LogP contribution in [0.25, 0.3) is 0 Å². The number of carboxylic acids is 1. The molecule has 0 spiro atoms. The van der Waals surface area contributed by atoms with Crippen molar-refractivity contribution in [1.82, 2.24) is 9.62 Å². The normalized spacial score (nSPS) is 21.7. The Labute approximate surface area is 262 Å². The Bertz CT molecular complexity index is 1600. The van der Waals surface area contributed by atoms with Gasteiger partial charge in [-0.15, -0.1) is 0 Å². The number of piperidine rings is 1. The summed E-state index contributed by atoms with van der Waals surface area (Å²) in [7, 11) is -3.86. The van der Waals surface area contributed by atoms with Gasteiger partial charge in [0.2, 0.25) is 10.0 Å². The van der Waals surface area contributed by atoms with E-state index in [9.17, 15) is 48.3 Å². The largest absolute Gasteiger partial charge is 0.490 e. The second-order valence-electron chi connectivity index (χ2n) is 11.3. The fraction of sp³-hybridized carbons (Fsp3) is 0.500. The van der Waals surface area contributed by atoms with Gasteiger partial charge in [-0.05, 0) is 79.8 Å². The topological polar surface area (TPSA) is 113 Å². The number of fused-ring (bicyclic) bond motifs is 2. The monoisotopic (exact) mass is 706 g/mol. The van der Waals surface area contributed by atoms with Crippen LogP contribution in [0.15, 0.2) is 24.3 Å². The van der Waals surface area contributed by atoms with Crippen LogP contribution in [0.1, 0.15) is 71.5 Å². The highest BCUT2D eigenvalue weighted by Gasteiger charge is 2.43. The Morgan fingerprint density at radius 2 is 1.57 bits per heavy atom. The van der Waals surface area contributed by atoms with E-state index >= 15 is 0 Å². The van der Waals surface area contributed by atoms with Crippen molar-refractivity contribution in [3.8, 4) is 5.75 Å². The minimum atomic E-state index is -5.08. The van der Waals surface area contributed by atoms with Crippen molar-refractivity contribution in [2.45, 2.75) is 81.5 Å². The summed E-state index contributed by atoms with van der Waals surface area (Å²) in [5, 5.41) is 6.46. The molecule has 5 rings (SSSR count). The third-order valence-electron chi connectivity index (χ3n) is 7.82. The van der Waals surface area contributed by atoms with Crippen molar-refractivity contribution in [3.05, 3.63) is 63.2 Å². The van der Waals surface area contributed by atoms with Gasteiger partial charge in [0, 0.05) is 18.6 Å². The molecule has 18 heteroatoms. The number of rotatable bonds is 7. The lowest BCUT2D eigenvalue weighted by molar-refractivity contribution is -0.192. The minimum absolute atomic E-state index is 0.0126. The van der Waals surface area contributed by atoms with Crippen molar-refractivity contribution in [2.24, 2.45) is 0 Å². The Balaban J connectivity index is 0.000000617. The maximum Gasteiger partial charge on any atom is 0.490 e. The fourth-order valence-electron chi connectivity index (χ4n) is 5.71. The van der Waals surface area contributed by atoms with Crippen molar-refractivity contribution >= 4 is 33.5 Å². The van der Waals surface area contributed by atoms with Gasteiger partial charge in [0.1, 0.15) is 11.9 Å². The number of hydrogen-bond acceptors (Lipinski definition) is 6. The lowest BCUT2D eigenvalue weighted by Crippen LogP contribution is -2.46. The molecule has 2 N–H and O–H groups in total. The van der Waals surface area contributed by atoms with Crippen LogP contribution in [0.3, 0.4) is 0 Å². The molecule has 2 aromatic rings. The summed E-state index contributed by atoms with van der Waals surface area (Å²) < 4.78 is 131. The van der Waals surface area contributed by atoms with E-state index in [-0.39, 0.29) is 23.6 Å². The Hall–Kier alpha value is -3.18. The number of ether oxygens (including phenoxy) is 1. The highest BCUT2D eigenvalue weighted by Crippen LogP contribution is 2.45. The van der Waals surface area contributed by atoms with E-state index in [1.165, 1.54) is 12.1 Å². The zero-order valence-corrected chi connectivity index (χ0v) is 25.4. The number of halogens is 9. The molecule has 2 aliphatic heterocycles. The van der Waals surface area contributed by atoms with Crippen molar-refractivity contribution in [2.75, 3.05) is 6.26 Å². The first-order valence-electron chi connectivity index (χ1n) is 13.8. The summed E-state index contributed by atoms with van der Waals surface area (Å²) in [6, 6.07) is 3.85. The smallest absolute Gasteiger partial charge is 0.487 e. The third-order valence-corrected chi connectivity index (χ3v) is 8.65. The maximum absolute atomic E-state index is 15.0. The van der Waals surface area contributed by atoms with Gasteiger partial charge >= 0.3 is 18.3 Å². The molecule has 1 amide bonds. The first-order valence-corrected chi connectivity index (χ1v) is 16.0. The lowest BCUT2D eigenvalue weighted by Gasteiger charge is -2.39. The number of amides is 1. The molecule has 1 aliphatic carbocycles. The first-order chi connectivity index (χ1) is 21.1. The number of hydrogen-bond donors (Lipinski definition) is 2. The summed E-state index contributed by atoms with van der Waals surface area (Å²) in [5.74, 6) is -6.02. The molecule has 0 aromatic heterocycles. The van der Waals surface area contributed by atoms with Crippen LogP contribution in [0.5, 0.6) is 5.75 Å². The summed E-state index contributed by atoms with van der Waals surface area (Å²) in [6.45, 7) is 0.391. The van der Waals surface area contributed by atoms with Crippen LogP contribution in [0.2, 0.25) is 5.02 Å². The summed E-state index contributed by atoms with van der Waals surface area (Å²) in [5.41, 5.74) is 0.0851. The molecule has 8 nitrogen and oxygen atoms in total. The molecule has 2 heterocycles. The number of nitrogens with zero attached hydrogens (tertiary/aromatic N) is 1. The Kier molecular flexibility index (Phi) is 10.2. The first kappa shape index (κ1) is 35.7. The van der Waals surface area contributed by atoms with Crippen LogP contribution in [0.4, 0.5) is 35.1 Å². The molecular weight excluding hydrogens is 680 g/mol. The molecule has 0 radical (unpaired) electrons. The molecule has 2 bridgehead atoms. The number of benzene rings is 2. The second kappa shape index (κ2) is 13.1. The van der Waals surface area contributed by atoms with Gasteiger partial charge in [-0.1, -0.05) is 11.6 Å². The zero-order chi connectivity index (χ0) is 34.4. The standard InChI is InChI=1S/C26H26ClF5N2O4S.C2HF3O2/c1-39(36,37)33-25(35)20-11-19(13-2-3-13)14(6-22(20)28)12-34-16-4-5-17(34)10-18(9-16)38-23-8-15(26(30,31)32)7-21(27)24(23)29;3-2(4,5)1(6)7/h6-8,11,13,16-18H,2-5,9-10,12H2,1H3,(H,33,35);(H,6,7)/t16-,17+,18?;. The average Bonchev–Trinajstić information content (AvgIpc) is 3.71. The van der Waals surface area contributed by atoms with Gasteiger partial charge in [-0.2, -0.15) is 26.3 Å². The molecule has 254 valence electrons. The number of carbonyl (C=O) groups excluding carboxylic acids is 1. The number of alkyl halides is 6. The van der Waals surface area contributed by atoms with Gasteiger partial charge in [-0.25, -0.2) is 26.7 Å². The van der Waals surface area contributed by atoms with Crippen LogP contribution in [-0.2, 0) is 27.5 Å². The van der Waals surface area contributed by atoms with Crippen molar-refractivity contribution in [1.29, 1.82) is 0 Å². The average molecular weight is 707 g/mol. The molecule has 3 aliphatic rings. The van der Waals surface area contributed by atoms with Gasteiger partial charge in [0.25, 0.3) is 5.91 Å². The van der Waals surface area contributed by atoms with E-state index in [1.54, 1.807) is 4.72 Å². The van der Waals surface area contributed by atoms with E-state index in [4.69, 9.17) is 26.2 Å². The number of carboxylic acid groups (broad SMARTS) is 1. The molecular formula is C28H27ClF8N2O6S. The molecule has 3 atom stereocenters. The van der Waals surface area contributed by atoms with Gasteiger partial charge in [0.15, 0.2) is 11.6 Å². The second-order valence-corrected chi connectivity index (χ2v) is 13.5. The predicted octanol–water partition coefficient (Wildman–Crippen LogP) is 6.41. The molecule has 2 aromatic carbocycles. The molecule has 1 unspecified atom stereocenters. The van der Waals surface area contributed by atoms with Crippen LogP contribution in [0, 0.1) is 11.6 Å². The predicted molar refractivity (Wildman–Crippen MR) is 147 cm³/mol. The van der Waals surface area contributed by atoms with Crippen molar-refractivity contribution in [3.63, 3.8) is 0 Å². The van der Waals surface area contributed by atoms with E-state index < -0.39 is 68.3 Å². The SMILES string of the molecule is CS(=O)(=O)NC(=O)c1cc(C2CC2)c(CN2[C@@H]3CC[C@H]2CC(Oc2cc(C(F)(F)F)cc(Cl)c2F)C3)cc1F.O=C(O)C(F)(F)F. The zero-order valence-electron chi connectivity index (χ0n) is 23.8. The molecule has 1 saturated carbocycles. The van der Waals surface area contributed by atoms with Gasteiger partial charge < -0.3 is 9.84 Å². The summed E-state index contributed by atoms with van der Waals surface area (Å²) >= 11 is 5.70. The number of sulfonamides is 1. The number of nitrogens with one attached hydrogen (secondary N) is 1. The summed E-state index contributed by atoms with van der Waals surface area (Å²) in [6.07, 6.45) is -5.25. The summed E-state index contributed by atoms with van der Waals surface area (Å²) in [4.78, 5) is 23.4. The van der Waals surface area contributed by atoms with Gasteiger partial charge in [0.05, 0.1) is 22.4 Å². The highest BCUT2D eigenvalue weighted by atomic mass is 35.5.